The van der Waals surface area contributed by atoms with Gasteiger partial charge in [0.05, 0.1) is 22.7 Å². The van der Waals surface area contributed by atoms with E-state index in [1.54, 1.807) is 51.3 Å². The smallest absolute Gasteiger partial charge is 0.251 e. The number of benzene rings is 2. The Labute approximate surface area is 185 Å². The lowest BCUT2D eigenvalue weighted by molar-refractivity contribution is 0.0937. The molecule has 2 aromatic carbocycles. The minimum Gasteiger partial charge on any atom is -0.493 e. The number of amides is 1. The predicted octanol–water partition coefficient (Wildman–Crippen LogP) is 3.35. The maximum absolute atomic E-state index is 12.5. The highest BCUT2D eigenvalue weighted by atomic mass is 32.2. The third-order valence-corrected chi connectivity index (χ3v) is 6.05. The second-order valence-corrected chi connectivity index (χ2v) is 9.02. The van der Waals surface area contributed by atoms with Gasteiger partial charge in [-0.15, -0.1) is 5.11 Å². The molecule has 1 aromatic heterocycles. The van der Waals surface area contributed by atoms with E-state index in [0.29, 0.717) is 35.3 Å². The number of aromatic amines is 1. The van der Waals surface area contributed by atoms with E-state index in [1.807, 2.05) is 0 Å². The molecule has 0 atom stereocenters. The van der Waals surface area contributed by atoms with Gasteiger partial charge < -0.3 is 20.1 Å². The number of sulfonamides is 1. The van der Waals surface area contributed by atoms with Crippen LogP contribution in [0.2, 0.25) is 0 Å². The molecule has 0 saturated carbocycles. The van der Waals surface area contributed by atoms with Crippen LogP contribution in [0.1, 0.15) is 24.2 Å². The molecule has 1 amide bonds. The van der Waals surface area contributed by atoms with Crippen LogP contribution in [0.3, 0.4) is 0 Å². The minimum atomic E-state index is -3.72. The lowest BCUT2D eigenvalue weighted by Gasteiger charge is -2.09. The number of aromatic hydroxyl groups is 1. The third kappa shape index (κ3) is 5.49. The molecule has 0 unspecified atom stereocenters. The van der Waals surface area contributed by atoms with Crippen molar-refractivity contribution in [2.45, 2.75) is 24.8 Å². The van der Waals surface area contributed by atoms with Gasteiger partial charge in [0.2, 0.25) is 15.9 Å². The summed E-state index contributed by atoms with van der Waals surface area (Å²) in [6.07, 6.45) is 0. The minimum absolute atomic E-state index is 0.0453. The summed E-state index contributed by atoms with van der Waals surface area (Å²) in [5.74, 6) is -0.523. The fourth-order valence-corrected chi connectivity index (χ4v) is 4.25. The number of methoxy groups -OCH3 is 1. The van der Waals surface area contributed by atoms with Crippen molar-refractivity contribution in [1.29, 1.82) is 0 Å². The van der Waals surface area contributed by atoms with E-state index in [0.717, 1.165) is 0 Å². The lowest BCUT2D eigenvalue weighted by atomic mass is 10.2. The van der Waals surface area contributed by atoms with Crippen LogP contribution in [0.25, 0.3) is 10.9 Å². The molecule has 4 N–H and O–H groups in total. The van der Waals surface area contributed by atoms with Crippen molar-refractivity contribution in [2.24, 2.45) is 10.2 Å². The summed E-state index contributed by atoms with van der Waals surface area (Å²) in [6.45, 7) is 4.23. The number of ether oxygens (including phenoxy) is 1. The van der Waals surface area contributed by atoms with E-state index in [2.05, 4.69) is 25.3 Å². The summed E-state index contributed by atoms with van der Waals surface area (Å²) in [4.78, 5) is 15.0. The molecule has 10 nitrogen and oxygen atoms in total. The van der Waals surface area contributed by atoms with Gasteiger partial charge in [0.25, 0.3) is 5.91 Å². The van der Waals surface area contributed by atoms with Crippen molar-refractivity contribution in [3.05, 3.63) is 48.0 Å². The highest BCUT2D eigenvalue weighted by molar-refractivity contribution is 7.89. The zero-order valence-corrected chi connectivity index (χ0v) is 18.7. The zero-order chi connectivity index (χ0) is 23.3. The molecule has 3 rings (SSSR count). The monoisotopic (exact) mass is 459 g/mol. The largest absolute Gasteiger partial charge is 0.493 e. The molecule has 0 saturated heterocycles. The van der Waals surface area contributed by atoms with E-state index in [9.17, 15) is 18.3 Å². The number of azo groups is 1. The van der Waals surface area contributed by atoms with Gasteiger partial charge in [-0.1, -0.05) is 6.07 Å². The summed E-state index contributed by atoms with van der Waals surface area (Å²) in [6, 6.07) is 10.7. The number of H-pyrrole nitrogens is 1. The van der Waals surface area contributed by atoms with Crippen molar-refractivity contribution < 1.29 is 23.1 Å². The SMILES string of the molecule is COCCNC(=O)c1cccc(N=Nc2c(O)[nH]c3ccc(S(=O)(=O)NC(C)C)cc23)c1. The number of carbonyl (C=O) groups excluding carboxylic acids is 1. The Balaban J connectivity index is 1.90. The van der Waals surface area contributed by atoms with Crippen LogP contribution >= 0.6 is 0 Å². The molecular formula is C21H25N5O5S. The first kappa shape index (κ1) is 23.4. The number of hydrogen-bond donors (Lipinski definition) is 4. The summed E-state index contributed by atoms with van der Waals surface area (Å²) >= 11 is 0. The first-order chi connectivity index (χ1) is 15.2. The zero-order valence-electron chi connectivity index (χ0n) is 17.9. The van der Waals surface area contributed by atoms with Crippen molar-refractivity contribution >= 4 is 38.2 Å². The van der Waals surface area contributed by atoms with E-state index in [-0.39, 0.29) is 28.4 Å². The maximum Gasteiger partial charge on any atom is 0.251 e. The average molecular weight is 460 g/mol. The Kier molecular flexibility index (Phi) is 7.23. The van der Waals surface area contributed by atoms with Crippen molar-refractivity contribution in [2.75, 3.05) is 20.3 Å². The number of carbonyl (C=O) groups is 1. The Bertz CT molecular complexity index is 1250. The maximum atomic E-state index is 12.5. The molecule has 3 aromatic rings. The Morgan fingerprint density at radius 3 is 2.69 bits per heavy atom. The van der Waals surface area contributed by atoms with Gasteiger partial charge in [0.15, 0.2) is 5.69 Å². The average Bonchev–Trinajstić information content (AvgIpc) is 3.06. The number of aromatic nitrogens is 1. The third-order valence-electron chi connectivity index (χ3n) is 4.39. The van der Waals surface area contributed by atoms with Gasteiger partial charge in [-0.2, -0.15) is 5.11 Å². The quantitative estimate of drug-likeness (QED) is 0.286. The van der Waals surface area contributed by atoms with Crippen molar-refractivity contribution in [3.63, 3.8) is 0 Å². The molecule has 0 bridgehead atoms. The number of nitrogens with zero attached hydrogens (tertiary/aromatic N) is 2. The Morgan fingerprint density at radius 1 is 1.19 bits per heavy atom. The number of fused-ring (bicyclic) bond motifs is 1. The van der Waals surface area contributed by atoms with Gasteiger partial charge in [-0.05, 0) is 50.2 Å². The Hall–Kier alpha value is -3.28. The number of rotatable bonds is 9. The van der Waals surface area contributed by atoms with Gasteiger partial charge in [0.1, 0.15) is 0 Å². The molecule has 32 heavy (non-hydrogen) atoms. The Morgan fingerprint density at radius 2 is 1.97 bits per heavy atom. The second-order valence-electron chi connectivity index (χ2n) is 7.30. The lowest BCUT2D eigenvalue weighted by Crippen LogP contribution is -2.30. The molecule has 0 aliphatic rings. The molecular weight excluding hydrogens is 434 g/mol. The van der Waals surface area contributed by atoms with Gasteiger partial charge in [-0.3, -0.25) is 4.79 Å². The standard InChI is InChI=1S/C21H25N5O5S/c1-13(2)26-32(29,30)16-7-8-18-17(12-16)19(21(28)23-18)25-24-15-6-4-5-14(11-15)20(27)22-9-10-31-3/h4-8,11-13,23,26,28H,9-10H2,1-3H3,(H,22,27). The van der Waals surface area contributed by atoms with Gasteiger partial charge in [-0.25, -0.2) is 13.1 Å². The van der Waals surface area contributed by atoms with Gasteiger partial charge in [0, 0.05) is 30.6 Å². The summed E-state index contributed by atoms with van der Waals surface area (Å²) < 4.78 is 32.4. The van der Waals surface area contributed by atoms with Crippen LogP contribution in [0.4, 0.5) is 11.4 Å². The first-order valence-corrected chi connectivity index (χ1v) is 11.4. The van der Waals surface area contributed by atoms with E-state index in [4.69, 9.17) is 4.74 Å². The fourth-order valence-electron chi connectivity index (χ4n) is 2.98. The number of nitrogens with one attached hydrogen (secondary N) is 3. The highest BCUT2D eigenvalue weighted by Gasteiger charge is 2.19. The van der Waals surface area contributed by atoms with Crippen LogP contribution in [0.15, 0.2) is 57.6 Å². The van der Waals surface area contributed by atoms with Crippen molar-refractivity contribution in [3.8, 4) is 5.88 Å². The summed E-state index contributed by atoms with van der Waals surface area (Å²) in [5.41, 5.74) is 1.39. The van der Waals surface area contributed by atoms with Crippen LogP contribution in [0.5, 0.6) is 5.88 Å². The molecule has 11 heteroatoms. The van der Waals surface area contributed by atoms with Crippen LogP contribution in [-0.2, 0) is 14.8 Å². The van der Waals surface area contributed by atoms with Crippen LogP contribution in [0, 0.1) is 0 Å². The molecule has 170 valence electrons. The van der Waals surface area contributed by atoms with E-state index in [1.165, 1.54) is 12.1 Å². The molecule has 1 heterocycles. The summed E-state index contributed by atoms with van der Waals surface area (Å²) in [7, 11) is -2.17. The molecule has 0 aliphatic carbocycles. The van der Waals surface area contributed by atoms with Crippen molar-refractivity contribution in [1.82, 2.24) is 15.0 Å². The topological polar surface area (TPSA) is 145 Å². The van der Waals surface area contributed by atoms with E-state index < -0.39 is 10.0 Å². The first-order valence-electron chi connectivity index (χ1n) is 9.87. The fraction of sp³-hybridized carbons (Fsp3) is 0.286. The molecule has 0 fully saturated rings. The molecule has 0 radical (unpaired) electrons. The normalized spacial score (nSPS) is 12.1. The van der Waals surface area contributed by atoms with Gasteiger partial charge >= 0.3 is 0 Å². The predicted molar refractivity (Wildman–Crippen MR) is 120 cm³/mol. The van der Waals surface area contributed by atoms with Crippen LogP contribution in [-0.4, -0.2) is 50.7 Å². The second kappa shape index (κ2) is 9.90. The highest BCUT2D eigenvalue weighted by Crippen LogP contribution is 2.37. The molecule has 0 spiro atoms. The number of hydrogen-bond acceptors (Lipinski definition) is 7. The van der Waals surface area contributed by atoms with E-state index >= 15 is 0 Å². The van der Waals surface area contributed by atoms with Crippen LogP contribution < -0.4 is 10.0 Å². The summed E-state index contributed by atoms with van der Waals surface area (Å²) in [5, 5.41) is 21.6. The molecule has 0 aliphatic heterocycles.